The van der Waals surface area contributed by atoms with Gasteiger partial charge in [-0.15, -0.1) is 0 Å². The third-order valence-electron chi connectivity index (χ3n) is 4.10. The Bertz CT molecular complexity index is 194. The number of nitrogens with one attached hydrogen (secondary N) is 1. The van der Waals surface area contributed by atoms with Crippen molar-refractivity contribution in [2.45, 2.75) is 33.1 Å². The van der Waals surface area contributed by atoms with Crippen molar-refractivity contribution in [2.75, 3.05) is 39.8 Å². The van der Waals surface area contributed by atoms with Crippen molar-refractivity contribution in [1.29, 1.82) is 0 Å². The van der Waals surface area contributed by atoms with Crippen LogP contribution < -0.4 is 11.1 Å². The van der Waals surface area contributed by atoms with Crippen molar-refractivity contribution < 1.29 is 0 Å². The minimum absolute atomic E-state index is 0.629. The van der Waals surface area contributed by atoms with Crippen molar-refractivity contribution in [3.8, 4) is 0 Å². The summed E-state index contributed by atoms with van der Waals surface area (Å²) in [6, 6.07) is 0. The van der Waals surface area contributed by atoms with E-state index in [9.17, 15) is 0 Å². The van der Waals surface area contributed by atoms with E-state index in [-0.39, 0.29) is 0 Å². The van der Waals surface area contributed by atoms with Crippen LogP contribution in [-0.4, -0.2) is 44.7 Å². The number of piperidine rings is 1. The molecule has 1 aliphatic rings. The topological polar surface area (TPSA) is 41.3 Å². The maximum Gasteiger partial charge on any atom is 0.000709 e. The van der Waals surface area contributed by atoms with Crippen molar-refractivity contribution >= 4 is 0 Å². The first kappa shape index (κ1) is 14.9. The summed E-state index contributed by atoms with van der Waals surface area (Å²) < 4.78 is 0. The predicted molar refractivity (Wildman–Crippen MR) is 75.1 cm³/mol. The Morgan fingerprint density at radius 3 is 2.76 bits per heavy atom. The van der Waals surface area contributed by atoms with Gasteiger partial charge in [-0.05, 0) is 70.2 Å². The normalized spacial score (nSPS) is 24.2. The zero-order chi connectivity index (χ0) is 12.7. The summed E-state index contributed by atoms with van der Waals surface area (Å²) >= 11 is 0. The molecule has 2 unspecified atom stereocenters. The van der Waals surface area contributed by atoms with Crippen LogP contribution >= 0.6 is 0 Å². The third-order valence-corrected chi connectivity index (χ3v) is 4.10. The molecule has 17 heavy (non-hydrogen) atoms. The Hall–Kier alpha value is -0.120. The standard InChI is InChI=1S/C14H31N3/c1-12(2)14(9-15)10-16-7-6-13-5-4-8-17(3)11-13/h12-14,16H,4-11,15H2,1-3H3. The molecule has 0 spiro atoms. The highest BCUT2D eigenvalue weighted by atomic mass is 15.1. The van der Waals surface area contributed by atoms with Gasteiger partial charge in [-0.3, -0.25) is 0 Å². The molecule has 3 nitrogen and oxygen atoms in total. The molecule has 0 aliphatic carbocycles. The number of nitrogens with zero attached hydrogens (tertiary/aromatic N) is 1. The van der Waals surface area contributed by atoms with Crippen LogP contribution in [0.25, 0.3) is 0 Å². The number of hydrogen-bond acceptors (Lipinski definition) is 3. The highest BCUT2D eigenvalue weighted by molar-refractivity contribution is 4.72. The quantitative estimate of drug-likeness (QED) is 0.664. The van der Waals surface area contributed by atoms with E-state index < -0.39 is 0 Å². The van der Waals surface area contributed by atoms with Crippen molar-refractivity contribution in [3.05, 3.63) is 0 Å². The monoisotopic (exact) mass is 241 g/mol. The fourth-order valence-corrected chi connectivity index (χ4v) is 2.69. The fourth-order valence-electron chi connectivity index (χ4n) is 2.69. The first-order valence-electron chi connectivity index (χ1n) is 7.22. The first-order chi connectivity index (χ1) is 8.13. The van der Waals surface area contributed by atoms with E-state index in [0.29, 0.717) is 11.8 Å². The zero-order valence-corrected chi connectivity index (χ0v) is 11.9. The number of likely N-dealkylation sites (tertiary alicyclic amines) is 1. The second kappa shape index (κ2) is 8.06. The molecule has 0 radical (unpaired) electrons. The van der Waals surface area contributed by atoms with Crippen LogP contribution in [0.3, 0.4) is 0 Å². The second-order valence-corrected chi connectivity index (χ2v) is 6.00. The number of rotatable bonds is 7. The largest absolute Gasteiger partial charge is 0.330 e. The van der Waals surface area contributed by atoms with Crippen molar-refractivity contribution in [1.82, 2.24) is 10.2 Å². The lowest BCUT2D eigenvalue weighted by molar-refractivity contribution is 0.200. The summed E-state index contributed by atoms with van der Waals surface area (Å²) in [6.07, 6.45) is 4.11. The van der Waals surface area contributed by atoms with Crippen LogP contribution in [0.2, 0.25) is 0 Å². The molecule has 0 amide bonds. The van der Waals surface area contributed by atoms with Crippen LogP contribution in [0.4, 0.5) is 0 Å². The summed E-state index contributed by atoms with van der Waals surface area (Å²) in [6.45, 7) is 10.1. The molecule has 1 fully saturated rings. The molecule has 3 heteroatoms. The van der Waals surface area contributed by atoms with Gasteiger partial charge in [0.15, 0.2) is 0 Å². The van der Waals surface area contributed by atoms with E-state index in [1.165, 1.54) is 32.4 Å². The Balaban J connectivity index is 2.07. The molecular weight excluding hydrogens is 210 g/mol. The average molecular weight is 241 g/mol. The van der Waals surface area contributed by atoms with Gasteiger partial charge in [-0.1, -0.05) is 13.8 Å². The average Bonchev–Trinajstić information content (AvgIpc) is 2.28. The molecule has 0 saturated carbocycles. The van der Waals surface area contributed by atoms with E-state index in [0.717, 1.165) is 25.6 Å². The van der Waals surface area contributed by atoms with Crippen LogP contribution in [-0.2, 0) is 0 Å². The Morgan fingerprint density at radius 1 is 1.41 bits per heavy atom. The minimum Gasteiger partial charge on any atom is -0.330 e. The summed E-state index contributed by atoms with van der Waals surface area (Å²) in [5, 5.41) is 3.58. The van der Waals surface area contributed by atoms with Crippen LogP contribution in [0.15, 0.2) is 0 Å². The first-order valence-corrected chi connectivity index (χ1v) is 7.22. The lowest BCUT2D eigenvalue weighted by atomic mass is 9.94. The summed E-state index contributed by atoms with van der Waals surface area (Å²) in [5.74, 6) is 2.22. The van der Waals surface area contributed by atoms with E-state index in [1.807, 2.05) is 0 Å². The highest BCUT2D eigenvalue weighted by Gasteiger charge is 2.17. The fraction of sp³-hybridized carbons (Fsp3) is 1.00. The molecule has 1 aliphatic heterocycles. The second-order valence-electron chi connectivity index (χ2n) is 6.00. The maximum absolute atomic E-state index is 5.77. The van der Waals surface area contributed by atoms with Crippen LogP contribution in [0, 0.1) is 17.8 Å². The molecule has 1 rings (SSSR count). The summed E-state index contributed by atoms with van der Waals surface area (Å²) in [4.78, 5) is 2.46. The SMILES string of the molecule is CC(C)C(CN)CNCCC1CCCN(C)C1. The Kier molecular flexibility index (Phi) is 7.09. The Morgan fingerprint density at radius 2 is 2.18 bits per heavy atom. The lowest BCUT2D eigenvalue weighted by Gasteiger charge is -2.30. The van der Waals surface area contributed by atoms with E-state index in [1.54, 1.807) is 0 Å². The van der Waals surface area contributed by atoms with Gasteiger partial charge in [0.05, 0.1) is 0 Å². The van der Waals surface area contributed by atoms with E-state index >= 15 is 0 Å². The van der Waals surface area contributed by atoms with Gasteiger partial charge in [-0.2, -0.15) is 0 Å². The zero-order valence-electron chi connectivity index (χ0n) is 11.9. The molecule has 0 aromatic carbocycles. The van der Waals surface area contributed by atoms with Gasteiger partial charge in [0.2, 0.25) is 0 Å². The molecule has 0 aromatic rings. The van der Waals surface area contributed by atoms with Crippen LogP contribution in [0.1, 0.15) is 33.1 Å². The summed E-state index contributed by atoms with van der Waals surface area (Å²) in [7, 11) is 2.24. The van der Waals surface area contributed by atoms with E-state index in [2.05, 4.69) is 31.1 Å². The minimum atomic E-state index is 0.629. The molecule has 1 heterocycles. The molecule has 102 valence electrons. The predicted octanol–water partition coefficient (Wildman–Crippen LogP) is 1.54. The smallest absolute Gasteiger partial charge is 0.000709 e. The van der Waals surface area contributed by atoms with Gasteiger partial charge in [0, 0.05) is 6.54 Å². The van der Waals surface area contributed by atoms with Gasteiger partial charge in [-0.25, -0.2) is 0 Å². The van der Waals surface area contributed by atoms with Crippen molar-refractivity contribution in [2.24, 2.45) is 23.5 Å². The third kappa shape index (κ3) is 5.84. The molecule has 2 atom stereocenters. The lowest BCUT2D eigenvalue weighted by Crippen LogP contribution is -2.35. The number of hydrogen-bond donors (Lipinski definition) is 2. The maximum atomic E-state index is 5.77. The van der Waals surface area contributed by atoms with E-state index in [4.69, 9.17) is 5.73 Å². The highest BCUT2D eigenvalue weighted by Crippen LogP contribution is 2.17. The van der Waals surface area contributed by atoms with Gasteiger partial charge < -0.3 is 16.0 Å². The summed E-state index contributed by atoms with van der Waals surface area (Å²) in [5.41, 5.74) is 5.77. The molecule has 0 aromatic heterocycles. The Labute approximate surface area is 107 Å². The molecule has 3 N–H and O–H groups in total. The van der Waals surface area contributed by atoms with Gasteiger partial charge in [0.25, 0.3) is 0 Å². The molecule has 0 bridgehead atoms. The van der Waals surface area contributed by atoms with Gasteiger partial charge >= 0.3 is 0 Å². The van der Waals surface area contributed by atoms with Crippen molar-refractivity contribution in [3.63, 3.8) is 0 Å². The van der Waals surface area contributed by atoms with Crippen LogP contribution in [0.5, 0.6) is 0 Å². The molecule has 1 saturated heterocycles. The number of nitrogens with two attached hydrogens (primary N) is 1. The molecular formula is C14H31N3. The van der Waals surface area contributed by atoms with Gasteiger partial charge in [0.1, 0.15) is 0 Å².